The third-order valence-electron chi connectivity index (χ3n) is 10.6. The van der Waals surface area contributed by atoms with Gasteiger partial charge in [-0.2, -0.15) is 0 Å². The SMILES string of the molecule is C1=CCC2C(=C1)c1nc3c4ccccc4c4c(-c5ccc6c7ccccc7n(-c7ccccc7)c6c5)cccc4n3c1N2c1ccccc1. The lowest BCUT2D eigenvalue weighted by Crippen LogP contribution is -2.28. The van der Waals surface area contributed by atoms with Gasteiger partial charge in [0.15, 0.2) is 0 Å². The number of aromatic nitrogens is 3. The summed E-state index contributed by atoms with van der Waals surface area (Å²) in [5.41, 5.74) is 11.7. The van der Waals surface area contributed by atoms with Gasteiger partial charge in [-0.3, -0.25) is 4.40 Å². The Hall–Kier alpha value is -6.39. The fourth-order valence-corrected chi connectivity index (χ4v) is 8.51. The fourth-order valence-electron chi connectivity index (χ4n) is 8.51. The van der Waals surface area contributed by atoms with Crippen molar-refractivity contribution < 1.29 is 0 Å². The molecule has 1 aliphatic carbocycles. The molecule has 4 heteroatoms. The van der Waals surface area contributed by atoms with E-state index in [4.69, 9.17) is 4.98 Å². The largest absolute Gasteiger partial charge is 0.318 e. The number of pyridine rings is 1. The molecule has 230 valence electrons. The van der Waals surface area contributed by atoms with Gasteiger partial charge in [-0.05, 0) is 65.4 Å². The molecule has 0 amide bonds. The standard InChI is InChI=1S/C45H30N4/c1-3-14-30(15-4-1)47-38-23-11-9-18-33(38)34-27-26-29(28-41(34)47)32-22-13-25-40-42(32)35-19-7-8-20-36(35)44-46-43-37-21-10-12-24-39(37)48(45(43)49(40)44)31-16-5-2-6-17-31/h1-23,25-28,39H,24H2. The Morgan fingerprint density at radius 1 is 0.571 bits per heavy atom. The number of rotatable bonds is 3. The van der Waals surface area contributed by atoms with E-state index in [1.165, 1.54) is 55.0 Å². The molecule has 4 heterocycles. The zero-order valence-electron chi connectivity index (χ0n) is 26.7. The Bertz CT molecular complexity index is 2850. The normalized spacial score (nSPS) is 15.5. The van der Waals surface area contributed by atoms with Crippen LogP contribution in [-0.2, 0) is 0 Å². The molecule has 2 aliphatic rings. The first-order valence-corrected chi connectivity index (χ1v) is 17.0. The average molecular weight is 627 g/mol. The van der Waals surface area contributed by atoms with Crippen molar-refractivity contribution >= 4 is 66.2 Å². The molecule has 0 radical (unpaired) electrons. The minimum atomic E-state index is 0.216. The second-order valence-corrected chi connectivity index (χ2v) is 13.1. The van der Waals surface area contributed by atoms with Gasteiger partial charge in [-0.25, -0.2) is 4.98 Å². The molecule has 49 heavy (non-hydrogen) atoms. The van der Waals surface area contributed by atoms with Crippen LogP contribution < -0.4 is 4.90 Å². The molecular weight excluding hydrogens is 597 g/mol. The maximum atomic E-state index is 5.46. The first-order chi connectivity index (χ1) is 24.3. The lowest BCUT2D eigenvalue weighted by Gasteiger charge is -2.29. The number of nitrogens with zero attached hydrogens (tertiary/aromatic N) is 4. The van der Waals surface area contributed by atoms with Crippen molar-refractivity contribution in [2.75, 3.05) is 4.90 Å². The average Bonchev–Trinajstić information content (AvgIpc) is 3.82. The highest BCUT2D eigenvalue weighted by atomic mass is 15.3. The molecule has 1 atom stereocenters. The molecule has 9 aromatic rings. The van der Waals surface area contributed by atoms with E-state index in [2.05, 4.69) is 178 Å². The van der Waals surface area contributed by atoms with E-state index in [0.717, 1.165) is 40.2 Å². The molecule has 3 aromatic heterocycles. The van der Waals surface area contributed by atoms with Gasteiger partial charge in [-0.15, -0.1) is 0 Å². The zero-order valence-corrected chi connectivity index (χ0v) is 26.7. The van der Waals surface area contributed by atoms with E-state index in [-0.39, 0.29) is 6.04 Å². The summed E-state index contributed by atoms with van der Waals surface area (Å²) in [6, 6.07) is 53.0. The number of allylic oxidation sites excluding steroid dienone is 2. The maximum Gasteiger partial charge on any atom is 0.147 e. The highest BCUT2D eigenvalue weighted by molar-refractivity contribution is 6.19. The molecule has 0 saturated carbocycles. The van der Waals surface area contributed by atoms with Gasteiger partial charge in [0.25, 0.3) is 0 Å². The first-order valence-electron chi connectivity index (χ1n) is 17.0. The van der Waals surface area contributed by atoms with Crippen molar-refractivity contribution in [3.63, 3.8) is 0 Å². The molecule has 6 aromatic carbocycles. The molecule has 11 rings (SSSR count). The van der Waals surface area contributed by atoms with Crippen LogP contribution in [0.5, 0.6) is 0 Å². The third-order valence-corrected chi connectivity index (χ3v) is 10.6. The lowest BCUT2D eigenvalue weighted by molar-refractivity contribution is 0.816. The fraction of sp³-hybridized carbons (Fsp3) is 0.0444. The van der Waals surface area contributed by atoms with Crippen molar-refractivity contribution in [2.24, 2.45) is 0 Å². The van der Waals surface area contributed by atoms with Gasteiger partial charge < -0.3 is 9.47 Å². The van der Waals surface area contributed by atoms with Crippen LogP contribution >= 0.6 is 0 Å². The third kappa shape index (κ3) is 3.66. The predicted octanol–water partition coefficient (Wildman–Crippen LogP) is 11.3. The van der Waals surface area contributed by atoms with Crippen LogP contribution in [0, 0.1) is 0 Å². The molecule has 1 aliphatic heterocycles. The highest BCUT2D eigenvalue weighted by Crippen LogP contribution is 2.50. The van der Waals surface area contributed by atoms with E-state index in [1.807, 2.05) is 0 Å². The van der Waals surface area contributed by atoms with Crippen molar-refractivity contribution in [3.05, 3.63) is 170 Å². The monoisotopic (exact) mass is 626 g/mol. The van der Waals surface area contributed by atoms with Crippen LogP contribution in [0.25, 0.3) is 71.5 Å². The molecular formula is C45H30N4. The number of hydrogen-bond donors (Lipinski definition) is 0. The van der Waals surface area contributed by atoms with Crippen LogP contribution in [0.3, 0.4) is 0 Å². The van der Waals surface area contributed by atoms with Gasteiger partial charge in [0, 0.05) is 38.5 Å². The maximum absolute atomic E-state index is 5.46. The van der Waals surface area contributed by atoms with E-state index in [1.54, 1.807) is 0 Å². The Morgan fingerprint density at radius 3 is 2.10 bits per heavy atom. The minimum Gasteiger partial charge on any atom is -0.318 e. The number of anilines is 2. The highest BCUT2D eigenvalue weighted by Gasteiger charge is 2.40. The number of benzene rings is 6. The predicted molar refractivity (Wildman–Crippen MR) is 204 cm³/mol. The Labute approximate surface area is 283 Å². The summed E-state index contributed by atoms with van der Waals surface area (Å²) in [5.74, 6) is 1.15. The summed E-state index contributed by atoms with van der Waals surface area (Å²) in [6.07, 6.45) is 7.68. The summed E-state index contributed by atoms with van der Waals surface area (Å²) in [4.78, 5) is 7.97. The number of imidazole rings is 1. The number of fused-ring (bicyclic) bond motifs is 13. The summed E-state index contributed by atoms with van der Waals surface area (Å²) in [6.45, 7) is 0. The Balaban J connectivity index is 1.25. The van der Waals surface area contributed by atoms with Crippen molar-refractivity contribution in [3.8, 4) is 16.8 Å². The van der Waals surface area contributed by atoms with Crippen LogP contribution in [-0.4, -0.2) is 20.0 Å². The quantitative estimate of drug-likeness (QED) is 0.182. The van der Waals surface area contributed by atoms with Gasteiger partial charge >= 0.3 is 0 Å². The molecule has 0 spiro atoms. The molecule has 0 saturated heterocycles. The van der Waals surface area contributed by atoms with E-state index in [9.17, 15) is 0 Å². The molecule has 4 nitrogen and oxygen atoms in total. The van der Waals surface area contributed by atoms with E-state index < -0.39 is 0 Å². The molecule has 1 unspecified atom stereocenters. The lowest BCUT2D eigenvalue weighted by atomic mass is 9.95. The van der Waals surface area contributed by atoms with E-state index in [0.29, 0.717) is 0 Å². The van der Waals surface area contributed by atoms with Crippen LogP contribution in [0.2, 0.25) is 0 Å². The summed E-state index contributed by atoms with van der Waals surface area (Å²) in [7, 11) is 0. The Kier molecular flexibility index (Phi) is 5.47. The second kappa shape index (κ2) is 10.1. The van der Waals surface area contributed by atoms with Crippen LogP contribution in [0.1, 0.15) is 12.1 Å². The smallest absolute Gasteiger partial charge is 0.147 e. The van der Waals surface area contributed by atoms with E-state index >= 15 is 0 Å². The second-order valence-electron chi connectivity index (χ2n) is 13.1. The van der Waals surface area contributed by atoms with Gasteiger partial charge in [0.05, 0.1) is 22.6 Å². The van der Waals surface area contributed by atoms with Crippen molar-refractivity contribution in [2.45, 2.75) is 12.5 Å². The van der Waals surface area contributed by atoms with Crippen LogP contribution in [0.15, 0.2) is 164 Å². The van der Waals surface area contributed by atoms with Crippen molar-refractivity contribution in [1.82, 2.24) is 14.0 Å². The molecule has 0 N–H and O–H groups in total. The minimum absolute atomic E-state index is 0.216. The summed E-state index contributed by atoms with van der Waals surface area (Å²) >= 11 is 0. The molecule has 0 fully saturated rings. The van der Waals surface area contributed by atoms with Gasteiger partial charge in [0.2, 0.25) is 0 Å². The topological polar surface area (TPSA) is 25.5 Å². The summed E-state index contributed by atoms with van der Waals surface area (Å²) < 4.78 is 4.84. The number of para-hydroxylation sites is 3. The first kappa shape index (κ1) is 26.7. The zero-order chi connectivity index (χ0) is 32.1. The summed E-state index contributed by atoms with van der Waals surface area (Å²) in [5, 5.41) is 6.13. The van der Waals surface area contributed by atoms with Crippen LogP contribution in [0.4, 0.5) is 11.5 Å². The number of hydrogen-bond acceptors (Lipinski definition) is 2. The molecule has 0 bridgehead atoms. The van der Waals surface area contributed by atoms with Gasteiger partial charge in [-0.1, -0.05) is 121 Å². The van der Waals surface area contributed by atoms with Crippen molar-refractivity contribution in [1.29, 1.82) is 0 Å². The van der Waals surface area contributed by atoms with Gasteiger partial charge in [0.1, 0.15) is 17.2 Å². The Morgan fingerprint density at radius 2 is 1.27 bits per heavy atom.